The molecule has 2 N–H and O–H groups in total. The molecule has 0 amide bonds. The van der Waals surface area contributed by atoms with E-state index in [1.807, 2.05) is 6.20 Å². The van der Waals surface area contributed by atoms with Crippen molar-refractivity contribution in [3.05, 3.63) is 36.0 Å². The van der Waals surface area contributed by atoms with E-state index in [9.17, 15) is 0 Å². The first kappa shape index (κ1) is 16.7. The van der Waals surface area contributed by atoms with Gasteiger partial charge in [0.25, 0.3) is 0 Å². The Kier molecular flexibility index (Phi) is 5.34. The van der Waals surface area contributed by atoms with Crippen LogP contribution in [0.15, 0.2) is 30.5 Å². The van der Waals surface area contributed by atoms with Gasteiger partial charge >= 0.3 is 0 Å². The first-order chi connectivity index (χ1) is 11.7. The minimum atomic E-state index is 0.406. The van der Waals surface area contributed by atoms with Crippen molar-refractivity contribution in [3.63, 3.8) is 0 Å². The Bertz CT molecular complexity index is 660. The van der Waals surface area contributed by atoms with E-state index in [2.05, 4.69) is 60.7 Å². The molecule has 1 aromatic heterocycles. The molecule has 1 fully saturated rings. The molecule has 0 spiro atoms. The lowest BCUT2D eigenvalue weighted by Crippen LogP contribution is -2.20. The largest absolute Gasteiger partial charge is 0.378 e. The smallest absolute Gasteiger partial charge is 0.161 e. The van der Waals surface area contributed by atoms with Crippen LogP contribution in [0.4, 0.5) is 11.5 Å². The van der Waals surface area contributed by atoms with E-state index in [0.29, 0.717) is 12.1 Å². The minimum Gasteiger partial charge on any atom is -0.378 e. The van der Waals surface area contributed by atoms with Crippen molar-refractivity contribution in [1.82, 2.24) is 9.97 Å². The average molecular weight is 324 g/mol. The lowest BCUT2D eigenvalue weighted by Gasteiger charge is -2.20. The number of hydrogen-bond acceptors (Lipinski definition) is 4. The maximum Gasteiger partial charge on any atom is 0.161 e. The van der Waals surface area contributed by atoms with Crippen LogP contribution < -0.4 is 10.6 Å². The van der Waals surface area contributed by atoms with Crippen molar-refractivity contribution in [2.75, 3.05) is 10.6 Å². The predicted octanol–water partition coefficient (Wildman–Crippen LogP) is 5.02. The number of rotatable bonds is 6. The second-order valence-electron chi connectivity index (χ2n) is 6.90. The number of nitrogens with zero attached hydrogens (tertiary/aromatic N) is 2. The van der Waals surface area contributed by atoms with Crippen molar-refractivity contribution < 1.29 is 0 Å². The standard InChI is InChI=1S/C20H28N4/c1-4-15(3)22-18-13-21-19(16-11-9-14(2)10-12-16)24-20(18)23-17-7-5-6-8-17/h9-13,15,17,22H,4-8H2,1-3H3,(H,21,23,24). The first-order valence-corrected chi connectivity index (χ1v) is 9.13. The highest BCUT2D eigenvalue weighted by atomic mass is 15.1. The summed E-state index contributed by atoms with van der Waals surface area (Å²) >= 11 is 0. The van der Waals surface area contributed by atoms with E-state index in [1.165, 1.54) is 31.2 Å². The lowest BCUT2D eigenvalue weighted by molar-refractivity contribution is 0.743. The Morgan fingerprint density at radius 3 is 2.54 bits per heavy atom. The average Bonchev–Trinajstić information content (AvgIpc) is 3.10. The molecule has 4 nitrogen and oxygen atoms in total. The molecule has 1 aliphatic carbocycles. The zero-order valence-electron chi connectivity index (χ0n) is 15.0. The number of hydrogen-bond donors (Lipinski definition) is 2. The molecule has 0 saturated heterocycles. The van der Waals surface area contributed by atoms with E-state index in [1.54, 1.807) is 0 Å². The van der Waals surface area contributed by atoms with Gasteiger partial charge in [0.2, 0.25) is 0 Å². The number of nitrogens with one attached hydrogen (secondary N) is 2. The highest BCUT2D eigenvalue weighted by Gasteiger charge is 2.18. The van der Waals surface area contributed by atoms with Crippen LogP contribution in [-0.2, 0) is 0 Å². The summed E-state index contributed by atoms with van der Waals surface area (Å²) in [7, 11) is 0. The lowest BCUT2D eigenvalue weighted by atomic mass is 10.1. The van der Waals surface area contributed by atoms with Gasteiger partial charge in [0.15, 0.2) is 11.6 Å². The van der Waals surface area contributed by atoms with Gasteiger partial charge < -0.3 is 10.6 Å². The van der Waals surface area contributed by atoms with Gasteiger partial charge in [0, 0.05) is 17.6 Å². The van der Waals surface area contributed by atoms with Crippen LogP contribution in [0, 0.1) is 6.92 Å². The molecule has 0 bridgehead atoms. The molecule has 2 aromatic rings. The maximum absolute atomic E-state index is 4.84. The number of aryl methyl sites for hydroxylation is 1. The summed E-state index contributed by atoms with van der Waals surface area (Å²) in [6.07, 6.45) is 8.07. The van der Waals surface area contributed by atoms with Crippen molar-refractivity contribution in [1.29, 1.82) is 0 Å². The third kappa shape index (κ3) is 4.05. The van der Waals surface area contributed by atoms with Gasteiger partial charge in [-0.1, -0.05) is 49.6 Å². The van der Waals surface area contributed by atoms with Crippen LogP contribution in [-0.4, -0.2) is 22.1 Å². The second-order valence-corrected chi connectivity index (χ2v) is 6.90. The molecule has 24 heavy (non-hydrogen) atoms. The van der Waals surface area contributed by atoms with Gasteiger partial charge in [0.05, 0.1) is 11.9 Å². The molecule has 128 valence electrons. The van der Waals surface area contributed by atoms with Gasteiger partial charge in [0.1, 0.15) is 0 Å². The monoisotopic (exact) mass is 324 g/mol. The summed E-state index contributed by atoms with van der Waals surface area (Å²) in [4.78, 5) is 9.43. The molecule has 1 aromatic carbocycles. The number of aromatic nitrogens is 2. The third-order valence-electron chi connectivity index (χ3n) is 4.81. The van der Waals surface area contributed by atoms with Crippen molar-refractivity contribution in [2.45, 2.75) is 65.0 Å². The van der Waals surface area contributed by atoms with Crippen molar-refractivity contribution >= 4 is 11.5 Å². The minimum absolute atomic E-state index is 0.406. The maximum atomic E-state index is 4.84. The van der Waals surface area contributed by atoms with Crippen LogP contribution >= 0.6 is 0 Å². The predicted molar refractivity (Wildman–Crippen MR) is 101 cm³/mol. The Balaban J connectivity index is 1.89. The number of anilines is 2. The number of benzene rings is 1. The van der Waals surface area contributed by atoms with Gasteiger partial charge in [-0.15, -0.1) is 0 Å². The Morgan fingerprint density at radius 1 is 1.17 bits per heavy atom. The van der Waals surface area contributed by atoms with Gasteiger partial charge in [-0.25, -0.2) is 9.97 Å². The Morgan fingerprint density at radius 2 is 1.88 bits per heavy atom. The fourth-order valence-electron chi connectivity index (χ4n) is 3.07. The molecule has 1 heterocycles. The van der Waals surface area contributed by atoms with Crippen LogP contribution in [0.25, 0.3) is 11.4 Å². The summed E-state index contributed by atoms with van der Waals surface area (Å²) in [6.45, 7) is 6.47. The molecule has 3 rings (SSSR count). The van der Waals surface area contributed by atoms with Gasteiger partial charge in [-0.05, 0) is 33.1 Å². The summed E-state index contributed by atoms with van der Waals surface area (Å²) < 4.78 is 0. The van der Waals surface area contributed by atoms with E-state index < -0.39 is 0 Å². The van der Waals surface area contributed by atoms with Crippen LogP contribution in [0.2, 0.25) is 0 Å². The SMILES string of the molecule is CCC(C)Nc1cnc(-c2ccc(C)cc2)nc1NC1CCCC1. The van der Waals surface area contributed by atoms with Crippen LogP contribution in [0.3, 0.4) is 0 Å². The second kappa shape index (κ2) is 7.65. The summed E-state index contributed by atoms with van der Waals surface area (Å²) in [5.74, 6) is 1.72. The molecule has 1 aliphatic rings. The van der Waals surface area contributed by atoms with E-state index in [4.69, 9.17) is 4.98 Å². The van der Waals surface area contributed by atoms with E-state index >= 15 is 0 Å². The molecule has 1 saturated carbocycles. The molecule has 0 radical (unpaired) electrons. The highest BCUT2D eigenvalue weighted by molar-refractivity contribution is 5.68. The molecular weight excluding hydrogens is 296 g/mol. The fraction of sp³-hybridized carbons (Fsp3) is 0.500. The Labute approximate surface area is 145 Å². The van der Waals surface area contributed by atoms with E-state index in [0.717, 1.165) is 29.3 Å². The zero-order chi connectivity index (χ0) is 16.9. The van der Waals surface area contributed by atoms with Crippen molar-refractivity contribution in [2.24, 2.45) is 0 Å². The molecule has 4 heteroatoms. The summed E-state index contributed by atoms with van der Waals surface area (Å²) in [6, 6.07) is 9.32. The molecule has 1 atom stereocenters. The van der Waals surface area contributed by atoms with Gasteiger partial charge in [-0.2, -0.15) is 0 Å². The van der Waals surface area contributed by atoms with Crippen LogP contribution in [0.5, 0.6) is 0 Å². The van der Waals surface area contributed by atoms with E-state index in [-0.39, 0.29) is 0 Å². The zero-order valence-corrected chi connectivity index (χ0v) is 15.0. The summed E-state index contributed by atoms with van der Waals surface area (Å²) in [5, 5.41) is 7.18. The quantitative estimate of drug-likeness (QED) is 0.783. The normalized spacial score (nSPS) is 16.1. The van der Waals surface area contributed by atoms with Gasteiger partial charge in [-0.3, -0.25) is 0 Å². The first-order valence-electron chi connectivity index (χ1n) is 9.13. The molecular formula is C20H28N4. The Hall–Kier alpha value is -2.10. The summed E-state index contributed by atoms with van der Waals surface area (Å²) in [5.41, 5.74) is 3.32. The van der Waals surface area contributed by atoms with Crippen LogP contribution in [0.1, 0.15) is 51.5 Å². The fourth-order valence-corrected chi connectivity index (χ4v) is 3.07. The molecule has 0 aliphatic heterocycles. The highest BCUT2D eigenvalue weighted by Crippen LogP contribution is 2.28. The van der Waals surface area contributed by atoms with Crippen molar-refractivity contribution in [3.8, 4) is 11.4 Å². The molecule has 1 unspecified atom stereocenters. The third-order valence-corrected chi connectivity index (χ3v) is 4.81. The topological polar surface area (TPSA) is 49.8 Å².